The second kappa shape index (κ2) is 9.19. The van der Waals surface area contributed by atoms with Gasteiger partial charge < -0.3 is 15.0 Å². The Morgan fingerprint density at radius 2 is 1.82 bits per heavy atom. The van der Waals surface area contributed by atoms with E-state index in [4.69, 9.17) is 4.74 Å². The van der Waals surface area contributed by atoms with E-state index in [1.807, 2.05) is 29.2 Å². The summed E-state index contributed by atoms with van der Waals surface area (Å²) in [7, 11) is 0. The highest BCUT2D eigenvalue weighted by atomic mass is 79.9. The van der Waals surface area contributed by atoms with Gasteiger partial charge in [-0.3, -0.25) is 4.79 Å². The Labute approximate surface area is 173 Å². The number of morpholine rings is 1. The molecule has 1 amide bonds. The number of benzene rings is 2. The van der Waals surface area contributed by atoms with E-state index in [-0.39, 0.29) is 17.3 Å². The summed E-state index contributed by atoms with van der Waals surface area (Å²) in [6.45, 7) is 2.10. The number of thioether (sulfide) groups is 1. The maximum absolute atomic E-state index is 13.1. The molecule has 1 aliphatic rings. The number of nitrogens with one attached hydrogen (secondary N) is 1. The lowest BCUT2D eigenvalue weighted by molar-refractivity contribution is -0.137. The number of halogens is 4. The molecule has 0 radical (unpaired) electrons. The largest absolute Gasteiger partial charge is 0.416 e. The highest BCUT2D eigenvalue weighted by Gasteiger charge is 2.31. The van der Waals surface area contributed by atoms with Crippen molar-refractivity contribution in [3.05, 3.63) is 52.5 Å². The van der Waals surface area contributed by atoms with E-state index < -0.39 is 11.7 Å². The molecule has 4 nitrogen and oxygen atoms in total. The minimum absolute atomic E-state index is 0.0976. The average molecular weight is 475 g/mol. The van der Waals surface area contributed by atoms with Gasteiger partial charge in [-0.25, -0.2) is 0 Å². The third-order valence-electron chi connectivity index (χ3n) is 4.13. The normalized spacial score (nSPS) is 14.8. The minimum atomic E-state index is -4.48. The molecule has 1 fully saturated rings. The molecule has 0 atom stereocenters. The third kappa shape index (κ3) is 5.65. The quantitative estimate of drug-likeness (QED) is 0.616. The van der Waals surface area contributed by atoms with Crippen molar-refractivity contribution in [2.45, 2.75) is 11.1 Å². The van der Waals surface area contributed by atoms with E-state index in [9.17, 15) is 18.0 Å². The van der Waals surface area contributed by atoms with Gasteiger partial charge in [-0.05, 0) is 42.5 Å². The van der Waals surface area contributed by atoms with Crippen molar-refractivity contribution in [2.75, 3.05) is 42.3 Å². The first-order chi connectivity index (χ1) is 13.3. The van der Waals surface area contributed by atoms with E-state index in [0.29, 0.717) is 32.0 Å². The van der Waals surface area contributed by atoms with Crippen LogP contribution in [0.2, 0.25) is 0 Å². The molecule has 0 aromatic heterocycles. The Hall–Kier alpha value is -1.71. The molecule has 150 valence electrons. The molecule has 1 aliphatic heterocycles. The van der Waals surface area contributed by atoms with Gasteiger partial charge in [-0.2, -0.15) is 13.2 Å². The van der Waals surface area contributed by atoms with Crippen LogP contribution < -0.4 is 10.2 Å². The Bertz CT molecular complexity index is 825. The summed E-state index contributed by atoms with van der Waals surface area (Å²) in [5, 5.41) is 2.65. The fourth-order valence-electron chi connectivity index (χ4n) is 2.76. The zero-order chi connectivity index (χ0) is 20.1. The van der Waals surface area contributed by atoms with Crippen molar-refractivity contribution >= 4 is 45.0 Å². The standard InChI is InChI=1S/C19H18BrF3N2O2S/c20-14-2-4-15(5-3-14)28-12-18(26)24-16-11-13(19(21,22)23)1-6-17(16)25-7-9-27-10-8-25/h1-6,11H,7-10,12H2,(H,24,26). The van der Waals surface area contributed by atoms with Crippen molar-refractivity contribution in [1.82, 2.24) is 0 Å². The number of amides is 1. The molecule has 1 N–H and O–H groups in total. The zero-order valence-electron chi connectivity index (χ0n) is 14.8. The van der Waals surface area contributed by atoms with Crippen LogP contribution >= 0.6 is 27.7 Å². The molecule has 0 unspecified atom stereocenters. The molecule has 0 saturated carbocycles. The summed E-state index contributed by atoms with van der Waals surface area (Å²) < 4.78 is 45.6. The molecule has 0 spiro atoms. The Balaban J connectivity index is 1.75. The predicted octanol–water partition coefficient (Wildman–Crippen LogP) is 5.04. The van der Waals surface area contributed by atoms with E-state index in [2.05, 4.69) is 21.2 Å². The van der Waals surface area contributed by atoms with Crippen LogP contribution in [0, 0.1) is 0 Å². The lowest BCUT2D eigenvalue weighted by atomic mass is 10.1. The van der Waals surface area contributed by atoms with Crippen LogP contribution in [0.4, 0.5) is 24.5 Å². The van der Waals surface area contributed by atoms with Gasteiger partial charge in [0.1, 0.15) is 0 Å². The van der Waals surface area contributed by atoms with Crippen molar-refractivity contribution in [1.29, 1.82) is 0 Å². The molecule has 1 heterocycles. The number of hydrogen-bond donors (Lipinski definition) is 1. The van der Waals surface area contributed by atoms with Crippen LogP contribution in [0.15, 0.2) is 51.8 Å². The number of carbonyl (C=O) groups is 1. The molecular weight excluding hydrogens is 457 g/mol. The van der Waals surface area contributed by atoms with Crippen LogP contribution in [0.5, 0.6) is 0 Å². The van der Waals surface area contributed by atoms with E-state index in [1.54, 1.807) is 0 Å². The van der Waals surface area contributed by atoms with Crippen LogP contribution in [0.3, 0.4) is 0 Å². The second-order valence-corrected chi connectivity index (χ2v) is 8.08. The summed E-state index contributed by atoms with van der Waals surface area (Å²) >= 11 is 4.66. The smallest absolute Gasteiger partial charge is 0.378 e. The molecular formula is C19H18BrF3N2O2S. The van der Waals surface area contributed by atoms with Crippen LogP contribution in [0.25, 0.3) is 0 Å². The summed E-state index contributed by atoms with van der Waals surface area (Å²) in [6, 6.07) is 10.9. The Morgan fingerprint density at radius 3 is 2.46 bits per heavy atom. The van der Waals surface area contributed by atoms with Crippen LogP contribution in [0.1, 0.15) is 5.56 Å². The monoisotopic (exact) mass is 474 g/mol. The number of nitrogens with zero attached hydrogens (tertiary/aromatic N) is 1. The van der Waals surface area contributed by atoms with Gasteiger partial charge in [-0.15, -0.1) is 11.8 Å². The van der Waals surface area contributed by atoms with Crippen LogP contribution in [-0.2, 0) is 15.7 Å². The Morgan fingerprint density at radius 1 is 1.14 bits per heavy atom. The first-order valence-corrected chi connectivity index (χ1v) is 10.3. The van der Waals surface area contributed by atoms with Gasteiger partial charge in [0.05, 0.1) is 35.9 Å². The van der Waals surface area contributed by atoms with Gasteiger partial charge in [-0.1, -0.05) is 15.9 Å². The fourth-order valence-corrected chi connectivity index (χ4v) is 3.72. The van der Waals surface area contributed by atoms with Gasteiger partial charge >= 0.3 is 6.18 Å². The van der Waals surface area contributed by atoms with Gasteiger partial charge in [0.15, 0.2) is 0 Å². The zero-order valence-corrected chi connectivity index (χ0v) is 17.2. The number of carbonyl (C=O) groups excluding carboxylic acids is 1. The van der Waals surface area contributed by atoms with Gasteiger partial charge in [0.25, 0.3) is 0 Å². The molecule has 2 aromatic rings. The average Bonchev–Trinajstić information content (AvgIpc) is 2.67. The molecule has 9 heteroatoms. The highest BCUT2D eigenvalue weighted by molar-refractivity contribution is 9.10. The first kappa shape index (κ1) is 21.0. The Kier molecular flexibility index (Phi) is 6.90. The van der Waals surface area contributed by atoms with Gasteiger partial charge in [0, 0.05) is 22.5 Å². The number of alkyl halides is 3. The fraction of sp³-hybridized carbons (Fsp3) is 0.316. The SMILES string of the molecule is O=C(CSc1ccc(Br)cc1)Nc1cc(C(F)(F)F)ccc1N1CCOCC1. The minimum Gasteiger partial charge on any atom is -0.378 e. The van der Waals surface area contributed by atoms with E-state index >= 15 is 0 Å². The first-order valence-electron chi connectivity index (χ1n) is 8.55. The van der Waals surface area contributed by atoms with Gasteiger partial charge in [0.2, 0.25) is 5.91 Å². The van der Waals surface area contributed by atoms with Crippen molar-refractivity contribution < 1.29 is 22.7 Å². The second-order valence-electron chi connectivity index (χ2n) is 6.12. The lowest BCUT2D eigenvalue weighted by Crippen LogP contribution is -2.37. The summed E-state index contributed by atoms with van der Waals surface area (Å²) in [5.74, 6) is -0.262. The molecule has 28 heavy (non-hydrogen) atoms. The molecule has 3 rings (SSSR count). The molecule has 2 aromatic carbocycles. The van der Waals surface area contributed by atoms with Crippen molar-refractivity contribution in [3.63, 3.8) is 0 Å². The number of anilines is 2. The lowest BCUT2D eigenvalue weighted by Gasteiger charge is -2.31. The van der Waals surface area contributed by atoms with E-state index in [1.165, 1.54) is 17.8 Å². The molecule has 0 bridgehead atoms. The van der Waals surface area contributed by atoms with Crippen LogP contribution in [-0.4, -0.2) is 38.0 Å². The molecule has 0 aliphatic carbocycles. The number of rotatable bonds is 5. The summed E-state index contributed by atoms with van der Waals surface area (Å²) in [5.41, 5.74) is -0.0585. The summed E-state index contributed by atoms with van der Waals surface area (Å²) in [6.07, 6.45) is -4.48. The van der Waals surface area contributed by atoms with Crippen molar-refractivity contribution in [2.24, 2.45) is 0 Å². The summed E-state index contributed by atoms with van der Waals surface area (Å²) in [4.78, 5) is 15.2. The molecule has 1 saturated heterocycles. The number of hydrogen-bond acceptors (Lipinski definition) is 4. The highest BCUT2D eigenvalue weighted by Crippen LogP contribution is 2.36. The van der Waals surface area contributed by atoms with E-state index in [0.717, 1.165) is 21.5 Å². The maximum atomic E-state index is 13.1. The maximum Gasteiger partial charge on any atom is 0.416 e. The topological polar surface area (TPSA) is 41.6 Å². The third-order valence-corrected chi connectivity index (χ3v) is 5.67. The van der Waals surface area contributed by atoms with Crippen molar-refractivity contribution in [3.8, 4) is 0 Å². The predicted molar refractivity (Wildman–Crippen MR) is 108 cm³/mol. The number of ether oxygens (including phenoxy) is 1.